The van der Waals surface area contributed by atoms with Crippen molar-refractivity contribution < 1.29 is 14.3 Å². The molecule has 3 rings (SSSR count). The lowest BCUT2D eigenvalue weighted by Crippen LogP contribution is -2.42. The van der Waals surface area contributed by atoms with Crippen molar-refractivity contribution in [3.8, 4) is 10.6 Å². The van der Waals surface area contributed by atoms with Gasteiger partial charge in [-0.15, -0.1) is 11.3 Å². The number of nitrogens with zero attached hydrogens (tertiary/aromatic N) is 5. The summed E-state index contributed by atoms with van der Waals surface area (Å²) in [7, 11) is 5.68. The highest BCUT2D eigenvalue weighted by Crippen LogP contribution is 2.30. The number of fused-ring (bicyclic) bond motifs is 1. The Kier molecular flexibility index (Phi) is 7.00. The molecular weight excluding hydrogens is 426 g/mol. The average Bonchev–Trinajstić information content (AvgIpc) is 3.31. The molecule has 3 heterocycles. The van der Waals surface area contributed by atoms with Crippen molar-refractivity contribution in [2.75, 3.05) is 33.7 Å². The Morgan fingerprint density at radius 2 is 1.94 bits per heavy atom. The van der Waals surface area contributed by atoms with Gasteiger partial charge in [0.15, 0.2) is 5.65 Å². The normalized spacial score (nSPS) is 11.9. The molecule has 172 valence electrons. The fraction of sp³-hybridized carbons (Fsp3) is 0.478. The summed E-state index contributed by atoms with van der Waals surface area (Å²) in [6.45, 7) is 8.20. The topological polar surface area (TPSA) is 80.6 Å². The average molecular weight is 458 g/mol. The van der Waals surface area contributed by atoms with Gasteiger partial charge in [0.2, 0.25) is 0 Å². The Morgan fingerprint density at radius 1 is 1.22 bits per heavy atom. The number of amides is 1. The zero-order valence-electron chi connectivity index (χ0n) is 19.8. The maximum atomic E-state index is 13.8. The third kappa shape index (κ3) is 5.52. The van der Waals surface area contributed by atoms with Gasteiger partial charge >= 0.3 is 5.97 Å². The highest BCUT2D eigenvalue weighted by atomic mass is 32.1. The van der Waals surface area contributed by atoms with Crippen LogP contribution in [0.15, 0.2) is 23.6 Å². The number of hydrogen-bond donors (Lipinski definition) is 0. The van der Waals surface area contributed by atoms with Crippen LogP contribution in [0.2, 0.25) is 0 Å². The third-order valence-electron chi connectivity index (χ3n) is 4.82. The number of esters is 1. The molecule has 1 amide bonds. The highest BCUT2D eigenvalue weighted by molar-refractivity contribution is 7.13. The quantitative estimate of drug-likeness (QED) is 0.506. The minimum atomic E-state index is -0.621. The molecule has 0 N–H and O–H groups in total. The number of likely N-dealkylation sites (N-methyl/N-ethyl adjacent to an activating group) is 1. The molecular formula is C23H31N5O3S. The largest absolute Gasteiger partial charge is 0.459 e. The molecule has 0 atom stereocenters. The van der Waals surface area contributed by atoms with E-state index in [9.17, 15) is 9.59 Å². The van der Waals surface area contributed by atoms with Crippen molar-refractivity contribution in [1.82, 2.24) is 24.6 Å². The second kappa shape index (κ2) is 9.38. The first kappa shape index (κ1) is 23.9. The van der Waals surface area contributed by atoms with E-state index in [1.54, 1.807) is 20.9 Å². The van der Waals surface area contributed by atoms with Gasteiger partial charge in [0.25, 0.3) is 5.91 Å². The van der Waals surface area contributed by atoms with Gasteiger partial charge in [-0.2, -0.15) is 5.10 Å². The Bertz CT molecular complexity index is 1110. The minimum Gasteiger partial charge on any atom is -0.459 e. The third-order valence-corrected chi connectivity index (χ3v) is 5.71. The van der Waals surface area contributed by atoms with Crippen LogP contribution in [0.1, 0.15) is 36.8 Å². The monoisotopic (exact) mass is 457 g/mol. The number of carbonyl (C=O) groups is 2. The molecule has 0 aromatic carbocycles. The summed E-state index contributed by atoms with van der Waals surface area (Å²) < 4.78 is 7.18. The first-order valence-corrected chi connectivity index (χ1v) is 11.4. The lowest BCUT2D eigenvalue weighted by molar-refractivity contribution is -0.155. The first-order valence-electron chi connectivity index (χ1n) is 10.5. The van der Waals surface area contributed by atoms with E-state index < -0.39 is 11.6 Å². The molecule has 3 aromatic rings. The van der Waals surface area contributed by atoms with E-state index >= 15 is 0 Å². The molecule has 32 heavy (non-hydrogen) atoms. The fourth-order valence-electron chi connectivity index (χ4n) is 3.44. The second-order valence-electron chi connectivity index (χ2n) is 9.06. The van der Waals surface area contributed by atoms with Gasteiger partial charge in [-0.3, -0.25) is 14.3 Å². The van der Waals surface area contributed by atoms with Crippen LogP contribution in [0, 0.1) is 6.92 Å². The first-order chi connectivity index (χ1) is 15.0. The van der Waals surface area contributed by atoms with E-state index in [0.29, 0.717) is 35.4 Å². The summed E-state index contributed by atoms with van der Waals surface area (Å²) in [6, 6.07) is 5.73. The molecule has 0 aliphatic heterocycles. The number of thiophene rings is 1. The minimum absolute atomic E-state index is 0.124. The van der Waals surface area contributed by atoms with Crippen LogP contribution >= 0.6 is 11.3 Å². The molecule has 0 spiro atoms. The van der Waals surface area contributed by atoms with Crippen molar-refractivity contribution in [3.63, 3.8) is 0 Å². The summed E-state index contributed by atoms with van der Waals surface area (Å²) in [6.07, 6.45) is 0. The zero-order valence-corrected chi connectivity index (χ0v) is 20.6. The molecule has 0 aliphatic carbocycles. The van der Waals surface area contributed by atoms with E-state index in [0.717, 1.165) is 10.6 Å². The predicted octanol–water partition coefficient (Wildman–Crippen LogP) is 3.35. The lowest BCUT2D eigenvalue weighted by atomic mass is 10.1. The van der Waals surface area contributed by atoms with Crippen LogP contribution in [0.4, 0.5) is 0 Å². The van der Waals surface area contributed by atoms with Gasteiger partial charge < -0.3 is 14.5 Å². The van der Waals surface area contributed by atoms with E-state index in [-0.39, 0.29) is 12.5 Å². The predicted molar refractivity (Wildman–Crippen MR) is 127 cm³/mol. The molecule has 0 fully saturated rings. The Balaban J connectivity index is 2.06. The van der Waals surface area contributed by atoms with Crippen LogP contribution in [-0.2, 0) is 16.6 Å². The van der Waals surface area contributed by atoms with Crippen molar-refractivity contribution in [2.45, 2.75) is 33.3 Å². The van der Waals surface area contributed by atoms with Gasteiger partial charge in [-0.05, 0) is 59.3 Å². The second-order valence-corrected chi connectivity index (χ2v) is 10.0. The van der Waals surface area contributed by atoms with E-state index in [4.69, 9.17) is 9.72 Å². The molecule has 3 aromatic heterocycles. The van der Waals surface area contributed by atoms with Crippen LogP contribution < -0.4 is 0 Å². The van der Waals surface area contributed by atoms with Crippen LogP contribution in [-0.4, -0.2) is 75.8 Å². The Hall–Kier alpha value is -2.78. The molecule has 8 nitrogen and oxygen atoms in total. The SMILES string of the molecule is Cc1nn(C)c2nc(-c3cccs3)cc(C(=O)N(CCN(C)C)CC(=O)OC(C)(C)C)c12. The van der Waals surface area contributed by atoms with Crippen molar-refractivity contribution in [3.05, 3.63) is 34.8 Å². The van der Waals surface area contributed by atoms with E-state index in [2.05, 4.69) is 5.10 Å². The van der Waals surface area contributed by atoms with Crippen molar-refractivity contribution in [2.24, 2.45) is 7.05 Å². The van der Waals surface area contributed by atoms with Gasteiger partial charge in [0.05, 0.1) is 27.2 Å². The summed E-state index contributed by atoms with van der Waals surface area (Å²) in [4.78, 5) is 35.6. The molecule has 0 saturated heterocycles. The maximum absolute atomic E-state index is 13.8. The molecule has 0 aliphatic rings. The van der Waals surface area contributed by atoms with Crippen molar-refractivity contribution in [1.29, 1.82) is 0 Å². The molecule has 0 unspecified atom stereocenters. The number of ether oxygens (including phenoxy) is 1. The van der Waals surface area contributed by atoms with Gasteiger partial charge in [0, 0.05) is 20.1 Å². The van der Waals surface area contributed by atoms with E-state index in [1.807, 2.05) is 77.3 Å². The molecule has 0 saturated carbocycles. The van der Waals surface area contributed by atoms with Gasteiger partial charge in [-0.25, -0.2) is 4.98 Å². The highest BCUT2D eigenvalue weighted by Gasteiger charge is 2.27. The number of rotatable bonds is 7. The summed E-state index contributed by atoms with van der Waals surface area (Å²) in [5.74, 6) is -0.671. The van der Waals surface area contributed by atoms with Crippen LogP contribution in [0.25, 0.3) is 21.6 Å². The lowest BCUT2D eigenvalue weighted by Gasteiger charge is -2.26. The number of hydrogen-bond acceptors (Lipinski definition) is 7. The number of aromatic nitrogens is 3. The Labute approximate surface area is 192 Å². The fourth-order valence-corrected chi connectivity index (χ4v) is 4.12. The van der Waals surface area contributed by atoms with E-state index in [1.165, 1.54) is 0 Å². The zero-order chi connectivity index (χ0) is 23.6. The summed E-state index contributed by atoms with van der Waals surface area (Å²) >= 11 is 1.56. The number of aryl methyl sites for hydroxylation is 2. The maximum Gasteiger partial charge on any atom is 0.326 e. The summed E-state index contributed by atoms with van der Waals surface area (Å²) in [5, 5.41) is 7.17. The molecule has 9 heteroatoms. The standard InChI is InChI=1S/C23H31N5O3S/c1-15-20-16(13-17(18-9-8-12-32-18)24-21(20)27(7)25-15)22(30)28(11-10-26(5)6)14-19(29)31-23(2,3)4/h8-9,12-13H,10-11,14H2,1-7H3. The van der Waals surface area contributed by atoms with Crippen molar-refractivity contribution >= 4 is 34.2 Å². The molecule has 0 radical (unpaired) electrons. The number of carbonyl (C=O) groups excluding carboxylic acids is 2. The van der Waals surface area contributed by atoms with Crippen LogP contribution in [0.3, 0.4) is 0 Å². The molecule has 0 bridgehead atoms. The number of pyridine rings is 1. The van der Waals surface area contributed by atoms with Gasteiger partial charge in [0.1, 0.15) is 12.1 Å². The van der Waals surface area contributed by atoms with Gasteiger partial charge in [-0.1, -0.05) is 6.07 Å². The smallest absolute Gasteiger partial charge is 0.326 e. The van der Waals surface area contributed by atoms with Crippen LogP contribution in [0.5, 0.6) is 0 Å². The summed E-state index contributed by atoms with van der Waals surface area (Å²) in [5.41, 5.74) is 1.95. The Morgan fingerprint density at radius 3 is 2.53 bits per heavy atom.